The first-order chi connectivity index (χ1) is 7.25. The minimum Gasteiger partial charge on any atom is -0.316 e. The molecule has 5 heteroatoms. The van der Waals surface area contributed by atoms with Crippen LogP contribution in [0.3, 0.4) is 0 Å². The van der Waals surface area contributed by atoms with Gasteiger partial charge in [0.2, 0.25) is 0 Å². The monoisotopic (exact) mass is 224 g/mol. The smallest absolute Gasteiger partial charge is 0.269 e. The van der Waals surface area contributed by atoms with Crippen molar-refractivity contribution in [1.29, 1.82) is 0 Å². The largest absolute Gasteiger partial charge is 0.316 e. The first kappa shape index (κ1) is 10.4. The summed E-state index contributed by atoms with van der Waals surface area (Å²) < 4.78 is 0. The van der Waals surface area contributed by atoms with Crippen LogP contribution in [-0.2, 0) is 0 Å². The molecule has 0 aliphatic carbocycles. The fourth-order valence-corrected chi connectivity index (χ4v) is 2.68. The fourth-order valence-electron chi connectivity index (χ4n) is 1.57. The Morgan fingerprint density at radius 3 is 2.67 bits per heavy atom. The van der Waals surface area contributed by atoms with Crippen LogP contribution in [-0.4, -0.2) is 23.3 Å². The molecule has 1 aromatic rings. The SMILES string of the molecule is O=[N+]([O-])c1ccc(SC2CCNC2)cc1. The molecule has 1 heterocycles. The Bertz CT molecular complexity index is 347. The molecular weight excluding hydrogens is 212 g/mol. The van der Waals surface area contributed by atoms with Gasteiger partial charge in [-0.2, -0.15) is 0 Å². The predicted octanol–water partition coefficient (Wildman–Crippen LogP) is 2.05. The van der Waals surface area contributed by atoms with Gasteiger partial charge in [0.05, 0.1) is 4.92 Å². The number of rotatable bonds is 3. The van der Waals surface area contributed by atoms with Gasteiger partial charge in [-0.1, -0.05) is 0 Å². The Balaban J connectivity index is 2.00. The summed E-state index contributed by atoms with van der Waals surface area (Å²) in [5.41, 5.74) is 0.156. The van der Waals surface area contributed by atoms with Gasteiger partial charge in [0, 0.05) is 28.8 Å². The summed E-state index contributed by atoms with van der Waals surface area (Å²) in [4.78, 5) is 11.2. The molecule has 4 nitrogen and oxygen atoms in total. The van der Waals surface area contributed by atoms with Crippen LogP contribution in [0.25, 0.3) is 0 Å². The van der Waals surface area contributed by atoms with Crippen LogP contribution in [0.4, 0.5) is 5.69 Å². The summed E-state index contributed by atoms with van der Waals surface area (Å²) in [7, 11) is 0. The standard InChI is InChI=1S/C10H12N2O2S/c13-12(14)8-1-3-9(4-2-8)15-10-5-6-11-7-10/h1-4,10-11H,5-7H2. The summed E-state index contributed by atoms with van der Waals surface area (Å²) >= 11 is 1.79. The highest BCUT2D eigenvalue weighted by molar-refractivity contribution is 8.00. The number of nitro groups is 1. The van der Waals surface area contributed by atoms with Crippen LogP contribution >= 0.6 is 11.8 Å². The van der Waals surface area contributed by atoms with E-state index in [9.17, 15) is 10.1 Å². The van der Waals surface area contributed by atoms with E-state index in [0.717, 1.165) is 18.0 Å². The van der Waals surface area contributed by atoms with Crippen LogP contribution in [0, 0.1) is 10.1 Å². The summed E-state index contributed by atoms with van der Waals surface area (Å²) in [6.07, 6.45) is 1.17. The first-order valence-electron chi connectivity index (χ1n) is 4.87. The topological polar surface area (TPSA) is 55.2 Å². The van der Waals surface area contributed by atoms with Gasteiger partial charge in [0.1, 0.15) is 0 Å². The maximum atomic E-state index is 10.4. The lowest BCUT2D eigenvalue weighted by Gasteiger charge is -2.06. The fraction of sp³-hybridized carbons (Fsp3) is 0.400. The predicted molar refractivity (Wildman–Crippen MR) is 60.2 cm³/mol. The van der Waals surface area contributed by atoms with Crippen molar-refractivity contribution < 1.29 is 4.92 Å². The van der Waals surface area contributed by atoms with Crippen LogP contribution in [0.1, 0.15) is 6.42 Å². The number of non-ortho nitro benzene ring substituents is 1. The lowest BCUT2D eigenvalue weighted by atomic mass is 10.3. The van der Waals surface area contributed by atoms with Crippen molar-refractivity contribution in [2.45, 2.75) is 16.6 Å². The van der Waals surface area contributed by atoms with E-state index in [1.54, 1.807) is 23.9 Å². The lowest BCUT2D eigenvalue weighted by Crippen LogP contribution is -2.09. The molecular formula is C10H12N2O2S. The van der Waals surface area contributed by atoms with E-state index in [0.29, 0.717) is 5.25 Å². The zero-order valence-corrected chi connectivity index (χ0v) is 9.00. The third-order valence-electron chi connectivity index (χ3n) is 2.37. The average molecular weight is 224 g/mol. The van der Waals surface area contributed by atoms with Crippen LogP contribution in [0.5, 0.6) is 0 Å². The number of thioether (sulfide) groups is 1. The van der Waals surface area contributed by atoms with E-state index in [4.69, 9.17) is 0 Å². The Morgan fingerprint density at radius 2 is 2.13 bits per heavy atom. The molecule has 0 bridgehead atoms. The molecule has 0 radical (unpaired) electrons. The van der Waals surface area contributed by atoms with Crippen molar-refractivity contribution in [3.05, 3.63) is 34.4 Å². The lowest BCUT2D eigenvalue weighted by molar-refractivity contribution is -0.384. The molecule has 80 valence electrons. The molecule has 1 N–H and O–H groups in total. The molecule has 0 spiro atoms. The highest BCUT2D eigenvalue weighted by atomic mass is 32.2. The van der Waals surface area contributed by atoms with E-state index in [-0.39, 0.29) is 10.6 Å². The van der Waals surface area contributed by atoms with Crippen molar-refractivity contribution in [1.82, 2.24) is 5.32 Å². The van der Waals surface area contributed by atoms with Crippen molar-refractivity contribution in [3.63, 3.8) is 0 Å². The molecule has 1 aliphatic heterocycles. The molecule has 1 saturated heterocycles. The van der Waals surface area contributed by atoms with Gasteiger partial charge in [0.15, 0.2) is 0 Å². The van der Waals surface area contributed by atoms with E-state index in [1.807, 2.05) is 12.1 Å². The molecule has 1 aromatic carbocycles. The normalized spacial score (nSPS) is 20.4. The van der Waals surface area contributed by atoms with E-state index >= 15 is 0 Å². The number of hydrogen-bond donors (Lipinski definition) is 1. The second-order valence-electron chi connectivity index (χ2n) is 3.48. The average Bonchev–Trinajstić information content (AvgIpc) is 2.71. The summed E-state index contributed by atoms with van der Waals surface area (Å²) in [5, 5.41) is 14.3. The highest BCUT2D eigenvalue weighted by Crippen LogP contribution is 2.28. The Hall–Kier alpha value is -1.07. The first-order valence-corrected chi connectivity index (χ1v) is 5.75. The van der Waals surface area contributed by atoms with Crippen LogP contribution in [0.2, 0.25) is 0 Å². The van der Waals surface area contributed by atoms with Gasteiger partial charge in [-0.15, -0.1) is 11.8 Å². The minimum atomic E-state index is -0.369. The van der Waals surface area contributed by atoms with Crippen molar-refractivity contribution in [3.8, 4) is 0 Å². The Labute approximate surface area is 92.2 Å². The van der Waals surface area contributed by atoms with Gasteiger partial charge in [0.25, 0.3) is 5.69 Å². The van der Waals surface area contributed by atoms with Crippen LogP contribution in [0.15, 0.2) is 29.2 Å². The second-order valence-corrected chi connectivity index (χ2v) is 4.86. The molecule has 0 amide bonds. The molecule has 0 saturated carbocycles. The quantitative estimate of drug-likeness (QED) is 0.630. The summed E-state index contributed by atoms with van der Waals surface area (Å²) in [6.45, 7) is 2.10. The zero-order chi connectivity index (χ0) is 10.7. The van der Waals surface area contributed by atoms with Gasteiger partial charge in [-0.25, -0.2) is 0 Å². The Kier molecular flexibility index (Phi) is 3.23. The Morgan fingerprint density at radius 1 is 1.40 bits per heavy atom. The van der Waals surface area contributed by atoms with Gasteiger partial charge < -0.3 is 5.32 Å². The highest BCUT2D eigenvalue weighted by Gasteiger charge is 2.15. The van der Waals surface area contributed by atoms with E-state index in [1.165, 1.54) is 6.42 Å². The number of hydrogen-bond acceptors (Lipinski definition) is 4. The maximum Gasteiger partial charge on any atom is 0.269 e. The molecule has 1 aliphatic rings. The summed E-state index contributed by atoms with van der Waals surface area (Å²) in [6, 6.07) is 6.76. The number of benzene rings is 1. The van der Waals surface area contributed by atoms with Crippen molar-refractivity contribution in [2.75, 3.05) is 13.1 Å². The second kappa shape index (κ2) is 4.63. The number of nitrogens with zero attached hydrogens (tertiary/aromatic N) is 1. The maximum absolute atomic E-state index is 10.4. The molecule has 0 aromatic heterocycles. The molecule has 1 unspecified atom stereocenters. The van der Waals surface area contributed by atoms with Gasteiger partial charge >= 0.3 is 0 Å². The molecule has 15 heavy (non-hydrogen) atoms. The van der Waals surface area contributed by atoms with E-state index in [2.05, 4.69) is 5.32 Å². The third kappa shape index (κ3) is 2.70. The van der Waals surface area contributed by atoms with Crippen molar-refractivity contribution >= 4 is 17.4 Å². The number of nitrogens with one attached hydrogen (secondary N) is 1. The third-order valence-corrected chi connectivity index (χ3v) is 3.65. The number of nitro benzene ring substituents is 1. The molecule has 1 fully saturated rings. The van der Waals surface area contributed by atoms with Crippen LogP contribution < -0.4 is 5.32 Å². The van der Waals surface area contributed by atoms with E-state index < -0.39 is 0 Å². The van der Waals surface area contributed by atoms with Crippen molar-refractivity contribution in [2.24, 2.45) is 0 Å². The molecule has 2 rings (SSSR count). The minimum absolute atomic E-state index is 0.156. The molecule has 1 atom stereocenters. The zero-order valence-electron chi connectivity index (χ0n) is 8.18. The summed E-state index contributed by atoms with van der Waals surface area (Å²) in [5.74, 6) is 0. The van der Waals surface area contributed by atoms with Gasteiger partial charge in [-0.05, 0) is 25.1 Å². The van der Waals surface area contributed by atoms with Gasteiger partial charge in [-0.3, -0.25) is 10.1 Å².